The number of nitrogens with zero attached hydrogens (tertiary/aromatic N) is 1. The highest BCUT2D eigenvalue weighted by molar-refractivity contribution is 6.12. The molecule has 0 aliphatic carbocycles. The van der Waals surface area contributed by atoms with Gasteiger partial charge in [-0.1, -0.05) is 35.9 Å². The lowest BCUT2D eigenvalue weighted by Crippen LogP contribution is -2.05. The normalized spacial score (nSPS) is 14.3. The van der Waals surface area contributed by atoms with Gasteiger partial charge in [0.15, 0.2) is 17.2 Å². The van der Waals surface area contributed by atoms with Gasteiger partial charge in [0, 0.05) is 5.56 Å². The van der Waals surface area contributed by atoms with Crippen molar-refractivity contribution in [3.8, 4) is 11.5 Å². The molecule has 1 aliphatic heterocycles. The summed E-state index contributed by atoms with van der Waals surface area (Å²) in [6.45, 7) is 4.81. The van der Waals surface area contributed by atoms with Crippen LogP contribution in [0.3, 0.4) is 0 Å². The topological polar surface area (TPSA) is 57.1 Å². The number of hydrogen-bond donors (Lipinski definition) is 0. The van der Waals surface area contributed by atoms with Gasteiger partial charge in [0.1, 0.15) is 12.4 Å². The van der Waals surface area contributed by atoms with E-state index in [0.717, 1.165) is 5.56 Å². The fourth-order valence-electron chi connectivity index (χ4n) is 3.25. The summed E-state index contributed by atoms with van der Waals surface area (Å²) >= 11 is 0. The molecule has 0 atom stereocenters. The lowest BCUT2D eigenvalue weighted by atomic mass is 10.1. The Morgan fingerprint density at radius 2 is 1.81 bits per heavy atom. The maximum Gasteiger partial charge on any atom is 0.363 e. The summed E-state index contributed by atoms with van der Waals surface area (Å²) in [5.41, 5.74) is 3.63. The van der Waals surface area contributed by atoms with Gasteiger partial charge in [-0.05, 0) is 67.4 Å². The van der Waals surface area contributed by atoms with E-state index in [1.807, 2.05) is 38.1 Å². The summed E-state index contributed by atoms with van der Waals surface area (Å²) < 4.78 is 30.1. The summed E-state index contributed by atoms with van der Waals surface area (Å²) in [6, 6.07) is 19.1. The van der Waals surface area contributed by atoms with Gasteiger partial charge in [-0.2, -0.15) is 0 Å². The molecule has 5 nitrogen and oxygen atoms in total. The minimum Gasteiger partial charge on any atom is -0.490 e. The molecule has 0 bridgehead atoms. The van der Waals surface area contributed by atoms with E-state index in [1.54, 1.807) is 18.2 Å². The molecule has 0 N–H and O–H groups in total. The quantitative estimate of drug-likeness (QED) is 0.368. The number of aryl methyl sites for hydroxylation is 1. The molecule has 0 fully saturated rings. The van der Waals surface area contributed by atoms with E-state index in [0.29, 0.717) is 35.8 Å². The Hall–Kier alpha value is -3.93. The van der Waals surface area contributed by atoms with Gasteiger partial charge in [-0.25, -0.2) is 14.2 Å². The van der Waals surface area contributed by atoms with Crippen LogP contribution in [0.5, 0.6) is 11.5 Å². The molecule has 32 heavy (non-hydrogen) atoms. The minimum atomic E-state index is -0.568. The summed E-state index contributed by atoms with van der Waals surface area (Å²) in [7, 11) is 0. The van der Waals surface area contributed by atoms with Crippen molar-refractivity contribution < 1.29 is 23.4 Å². The van der Waals surface area contributed by atoms with Crippen LogP contribution in [0.1, 0.15) is 29.2 Å². The highest BCUT2D eigenvalue weighted by atomic mass is 19.1. The highest BCUT2D eigenvalue weighted by Crippen LogP contribution is 2.31. The molecular weight excluding hydrogens is 409 g/mol. The van der Waals surface area contributed by atoms with Crippen molar-refractivity contribution in [2.45, 2.75) is 20.5 Å². The van der Waals surface area contributed by atoms with Gasteiger partial charge < -0.3 is 14.2 Å². The third-order valence-electron chi connectivity index (χ3n) is 4.76. The number of aliphatic imine (C=N–C) groups is 1. The lowest BCUT2D eigenvalue weighted by molar-refractivity contribution is -0.129. The van der Waals surface area contributed by atoms with Crippen LogP contribution in [0.2, 0.25) is 0 Å². The Labute approximate surface area is 185 Å². The SMILES string of the molecule is CCOc1cc(/C=C2/N=C(c3ccc(F)cc3)OC2=O)ccc1OCc1cccc(C)c1. The fourth-order valence-corrected chi connectivity index (χ4v) is 3.25. The van der Waals surface area contributed by atoms with E-state index in [-0.39, 0.29) is 17.4 Å². The van der Waals surface area contributed by atoms with Crippen LogP contribution in [-0.4, -0.2) is 18.5 Å². The second kappa shape index (κ2) is 9.47. The third-order valence-corrected chi connectivity index (χ3v) is 4.76. The predicted molar refractivity (Wildman–Crippen MR) is 120 cm³/mol. The number of rotatable bonds is 7. The Morgan fingerprint density at radius 1 is 1.00 bits per heavy atom. The van der Waals surface area contributed by atoms with Crippen molar-refractivity contribution in [1.82, 2.24) is 0 Å². The smallest absolute Gasteiger partial charge is 0.363 e. The van der Waals surface area contributed by atoms with Gasteiger partial charge in [-0.3, -0.25) is 0 Å². The van der Waals surface area contributed by atoms with Gasteiger partial charge in [0.05, 0.1) is 6.61 Å². The molecule has 6 heteroatoms. The number of cyclic esters (lactones) is 1. The van der Waals surface area contributed by atoms with Gasteiger partial charge in [-0.15, -0.1) is 0 Å². The Morgan fingerprint density at radius 3 is 2.56 bits per heavy atom. The number of esters is 1. The summed E-state index contributed by atoms with van der Waals surface area (Å²) in [5, 5.41) is 0. The fraction of sp³-hybridized carbons (Fsp3) is 0.154. The zero-order chi connectivity index (χ0) is 22.5. The predicted octanol–water partition coefficient (Wildman–Crippen LogP) is 5.46. The number of halogens is 1. The van der Waals surface area contributed by atoms with Crippen molar-refractivity contribution in [3.05, 3.63) is 100 Å². The molecule has 0 unspecified atom stereocenters. The zero-order valence-corrected chi connectivity index (χ0v) is 17.8. The Bertz CT molecular complexity index is 1200. The zero-order valence-electron chi connectivity index (χ0n) is 17.8. The van der Waals surface area contributed by atoms with Crippen molar-refractivity contribution in [2.24, 2.45) is 4.99 Å². The molecular formula is C26H22FNO4. The van der Waals surface area contributed by atoms with Gasteiger partial charge in [0.25, 0.3) is 0 Å². The molecule has 0 amide bonds. The van der Waals surface area contributed by atoms with E-state index in [2.05, 4.69) is 11.1 Å². The average molecular weight is 431 g/mol. The lowest BCUT2D eigenvalue weighted by Gasteiger charge is -2.13. The van der Waals surface area contributed by atoms with Crippen LogP contribution in [-0.2, 0) is 16.1 Å². The third kappa shape index (κ3) is 5.03. The monoisotopic (exact) mass is 431 g/mol. The van der Waals surface area contributed by atoms with E-state index in [1.165, 1.54) is 29.8 Å². The van der Waals surface area contributed by atoms with Crippen molar-refractivity contribution >= 4 is 17.9 Å². The van der Waals surface area contributed by atoms with Crippen molar-refractivity contribution in [2.75, 3.05) is 6.61 Å². The van der Waals surface area contributed by atoms with Gasteiger partial charge >= 0.3 is 5.97 Å². The number of benzene rings is 3. The second-order valence-corrected chi connectivity index (χ2v) is 7.26. The van der Waals surface area contributed by atoms with Gasteiger partial charge in [0.2, 0.25) is 5.90 Å². The standard InChI is InChI=1S/C26H22FNO4/c1-3-30-24-15-18(7-12-23(24)31-16-19-6-4-5-17(2)13-19)14-22-26(29)32-25(28-22)20-8-10-21(27)11-9-20/h4-15H,3,16H2,1-2H3/b22-14+. The van der Waals surface area contributed by atoms with Crippen LogP contribution in [0, 0.1) is 12.7 Å². The van der Waals surface area contributed by atoms with Crippen molar-refractivity contribution in [1.29, 1.82) is 0 Å². The Kier molecular flexibility index (Phi) is 6.31. The van der Waals surface area contributed by atoms with Crippen molar-refractivity contribution in [3.63, 3.8) is 0 Å². The van der Waals surface area contributed by atoms with E-state index in [4.69, 9.17) is 14.2 Å². The molecule has 1 aliphatic rings. The average Bonchev–Trinajstić information content (AvgIpc) is 3.14. The molecule has 0 aromatic heterocycles. The molecule has 162 valence electrons. The number of ether oxygens (including phenoxy) is 3. The largest absolute Gasteiger partial charge is 0.490 e. The van der Waals surface area contributed by atoms with E-state index < -0.39 is 5.97 Å². The minimum absolute atomic E-state index is 0.143. The second-order valence-electron chi connectivity index (χ2n) is 7.26. The number of carbonyl (C=O) groups is 1. The van der Waals surface area contributed by atoms with Crippen LogP contribution in [0.4, 0.5) is 4.39 Å². The highest BCUT2D eigenvalue weighted by Gasteiger charge is 2.24. The summed E-state index contributed by atoms with van der Waals surface area (Å²) in [6.07, 6.45) is 1.62. The van der Waals surface area contributed by atoms with Crippen LogP contribution in [0.15, 0.2) is 77.4 Å². The first-order chi connectivity index (χ1) is 15.5. The molecule has 1 heterocycles. The van der Waals surface area contributed by atoms with Crippen LogP contribution in [0.25, 0.3) is 6.08 Å². The van der Waals surface area contributed by atoms with Crippen LogP contribution >= 0.6 is 0 Å². The first-order valence-electron chi connectivity index (χ1n) is 10.3. The Balaban J connectivity index is 1.55. The first kappa shape index (κ1) is 21.3. The maximum atomic E-state index is 13.1. The molecule has 0 saturated carbocycles. The molecule has 4 rings (SSSR count). The number of carbonyl (C=O) groups excluding carboxylic acids is 1. The number of hydrogen-bond acceptors (Lipinski definition) is 5. The molecule has 0 saturated heterocycles. The van der Waals surface area contributed by atoms with E-state index >= 15 is 0 Å². The first-order valence-corrected chi connectivity index (χ1v) is 10.3. The molecule has 3 aromatic carbocycles. The molecule has 0 radical (unpaired) electrons. The summed E-state index contributed by atoms with van der Waals surface area (Å²) in [4.78, 5) is 16.5. The maximum absolute atomic E-state index is 13.1. The summed E-state index contributed by atoms with van der Waals surface area (Å²) in [5.74, 6) is 0.387. The molecule has 3 aromatic rings. The van der Waals surface area contributed by atoms with E-state index in [9.17, 15) is 9.18 Å². The molecule has 0 spiro atoms. The van der Waals surface area contributed by atoms with Crippen LogP contribution < -0.4 is 9.47 Å².